The number of aromatic nitrogens is 1. The molecule has 1 atom stereocenters. The van der Waals surface area contributed by atoms with Crippen molar-refractivity contribution in [1.29, 1.82) is 0 Å². The van der Waals surface area contributed by atoms with Gasteiger partial charge in [-0.25, -0.2) is 18.2 Å². The van der Waals surface area contributed by atoms with Crippen molar-refractivity contribution in [2.24, 2.45) is 11.1 Å². The van der Waals surface area contributed by atoms with Crippen molar-refractivity contribution in [2.45, 2.75) is 36.6 Å². The molecule has 1 saturated carbocycles. The van der Waals surface area contributed by atoms with Crippen LogP contribution in [-0.4, -0.2) is 16.8 Å². The molecule has 1 aromatic rings. The Morgan fingerprint density at radius 1 is 1.55 bits per heavy atom. The molecule has 110 valence electrons. The van der Waals surface area contributed by atoms with Crippen LogP contribution >= 0.6 is 11.9 Å². The topological polar surface area (TPSA) is 68.0 Å². The second-order valence-electron chi connectivity index (χ2n) is 4.76. The van der Waals surface area contributed by atoms with Gasteiger partial charge in [0.2, 0.25) is 11.8 Å². The number of rotatable bonds is 3. The van der Waals surface area contributed by atoms with Gasteiger partial charge in [-0.15, -0.1) is 0 Å². The smallest absolute Gasteiger partial charge is 0.248 e. The largest absolute Gasteiger partial charge is 0.323 e. The van der Waals surface area contributed by atoms with E-state index in [1.54, 1.807) is 0 Å². The number of hydrogen-bond acceptors (Lipinski definition) is 4. The van der Waals surface area contributed by atoms with Gasteiger partial charge in [0.15, 0.2) is 5.82 Å². The van der Waals surface area contributed by atoms with E-state index in [1.807, 2.05) is 0 Å². The lowest BCUT2D eigenvalue weighted by Crippen LogP contribution is -2.33. The molecule has 0 aliphatic heterocycles. The maximum absolute atomic E-state index is 13.5. The van der Waals surface area contributed by atoms with E-state index in [0.29, 0.717) is 11.4 Å². The number of nitrogens with zero attached hydrogens (tertiary/aromatic N) is 1. The molecule has 1 amide bonds. The average Bonchev–Trinajstić information content (AvgIpc) is 2.40. The van der Waals surface area contributed by atoms with Crippen LogP contribution < -0.4 is 10.5 Å². The minimum absolute atomic E-state index is 0.0909. The number of pyridine rings is 1. The van der Waals surface area contributed by atoms with Gasteiger partial charge < -0.3 is 5.32 Å². The molecule has 1 heterocycles. The van der Waals surface area contributed by atoms with Gasteiger partial charge in [-0.3, -0.25) is 9.93 Å². The molecular formula is C12H14F3N3OS. The number of hydrogen-bond donors (Lipinski definition) is 2. The Hall–Kier alpha value is -1.28. The molecule has 20 heavy (non-hydrogen) atoms. The van der Waals surface area contributed by atoms with E-state index in [-0.39, 0.29) is 18.5 Å². The lowest BCUT2D eigenvalue weighted by molar-refractivity contribution is -0.127. The summed E-state index contributed by atoms with van der Waals surface area (Å²) in [6.45, 7) is 0. The van der Waals surface area contributed by atoms with Gasteiger partial charge in [0.25, 0.3) is 0 Å². The molecule has 1 unspecified atom stereocenters. The fourth-order valence-electron chi connectivity index (χ4n) is 2.21. The highest BCUT2D eigenvalue weighted by Gasteiger charge is 2.39. The fraction of sp³-hybridized carbons (Fsp3) is 0.500. The van der Waals surface area contributed by atoms with Crippen molar-refractivity contribution < 1.29 is 18.0 Å². The van der Waals surface area contributed by atoms with Crippen molar-refractivity contribution in [3.05, 3.63) is 18.1 Å². The monoisotopic (exact) mass is 305 g/mol. The number of anilines is 1. The predicted octanol–water partition coefficient (Wildman–Crippen LogP) is 2.95. The first-order chi connectivity index (χ1) is 9.41. The summed E-state index contributed by atoms with van der Waals surface area (Å²) in [6, 6.07) is 1.28. The summed E-state index contributed by atoms with van der Waals surface area (Å²) in [4.78, 5) is 15.6. The Bertz CT molecular complexity index is 513. The van der Waals surface area contributed by atoms with Crippen LogP contribution in [0.25, 0.3) is 0 Å². The quantitative estimate of drug-likeness (QED) is 0.843. The van der Waals surface area contributed by atoms with Crippen LogP contribution in [0.3, 0.4) is 0 Å². The van der Waals surface area contributed by atoms with Gasteiger partial charge in [0.1, 0.15) is 5.03 Å². The standard InChI is InChI=1S/C12H14F3N3OS/c13-8-6-17-10(20-16)4-9(8)18-11(19)7-2-1-3-12(14,15)5-7/h4,6-7H,1-3,5,16H2,(H,17,18,19). The SMILES string of the molecule is NSc1cc(NC(=O)C2CCCC(F)(F)C2)c(F)cn1. The van der Waals surface area contributed by atoms with Crippen molar-refractivity contribution in [2.75, 3.05) is 5.32 Å². The summed E-state index contributed by atoms with van der Waals surface area (Å²) in [5.74, 6) is -4.95. The number of halogens is 3. The molecule has 2 rings (SSSR count). The molecule has 0 saturated heterocycles. The number of carbonyl (C=O) groups excluding carboxylic acids is 1. The molecule has 4 nitrogen and oxygen atoms in total. The van der Waals surface area contributed by atoms with E-state index in [4.69, 9.17) is 5.14 Å². The highest BCUT2D eigenvalue weighted by atomic mass is 32.2. The summed E-state index contributed by atoms with van der Waals surface area (Å²) < 4.78 is 40.0. The third-order valence-corrected chi connectivity index (χ3v) is 3.68. The Balaban J connectivity index is 2.08. The van der Waals surface area contributed by atoms with Crippen LogP contribution in [0.15, 0.2) is 17.3 Å². The first kappa shape index (κ1) is 15.1. The minimum atomic E-state index is -2.82. The van der Waals surface area contributed by atoms with Gasteiger partial charge in [-0.1, -0.05) is 0 Å². The Kier molecular flexibility index (Phi) is 4.54. The van der Waals surface area contributed by atoms with Crippen LogP contribution in [0.2, 0.25) is 0 Å². The molecular weight excluding hydrogens is 291 g/mol. The van der Waals surface area contributed by atoms with Gasteiger partial charge in [0, 0.05) is 18.8 Å². The normalized spacial score (nSPS) is 21.5. The lowest BCUT2D eigenvalue weighted by atomic mass is 9.86. The van der Waals surface area contributed by atoms with Gasteiger partial charge >= 0.3 is 0 Å². The molecule has 8 heteroatoms. The zero-order chi connectivity index (χ0) is 14.8. The lowest BCUT2D eigenvalue weighted by Gasteiger charge is -2.28. The minimum Gasteiger partial charge on any atom is -0.323 e. The Morgan fingerprint density at radius 3 is 2.95 bits per heavy atom. The average molecular weight is 305 g/mol. The van der Waals surface area contributed by atoms with Crippen LogP contribution in [0.1, 0.15) is 25.7 Å². The zero-order valence-electron chi connectivity index (χ0n) is 10.5. The molecule has 1 aliphatic carbocycles. The highest BCUT2D eigenvalue weighted by molar-refractivity contribution is 7.97. The van der Waals surface area contributed by atoms with E-state index in [1.165, 1.54) is 6.07 Å². The number of nitrogens with one attached hydrogen (secondary N) is 1. The molecule has 0 spiro atoms. The van der Waals surface area contributed by atoms with E-state index in [2.05, 4.69) is 10.3 Å². The molecule has 0 aromatic carbocycles. The number of alkyl halides is 2. The number of carbonyl (C=O) groups is 1. The van der Waals surface area contributed by atoms with Crippen molar-refractivity contribution in [3.8, 4) is 0 Å². The van der Waals surface area contributed by atoms with Gasteiger partial charge in [0.05, 0.1) is 11.9 Å². The molecule has 1 aliphatic rings. The van der Waals surface area contributed by atoms with Crippen LogP contribution in [0.4, 0.5) is 18.9 Å². The summed E-state index contributed by atoms with van der Waals surface area (Å²) in [6.07, 6.45) is 0.902. The molecule has 1 aromatic heterocycles. The summed E-state index contributed by atoms with van der Waals surface area (Å²) in [5, 5.41) is 7.96. The van der Waals surface area contributed by atoms with Gasteiger partial charge in [-0.05, 0) is 30.9 Å². The van der Waals surface area contributed by atoms with Crippen LogP contribution in [0.5, 0.6) is 0 Å². The summed E-state index contributed by atoms with van der Waals surface area (Å²) in [7, 11) is 0. The Labute approximate surface area is 118 Å². The van der Waals surface area contributed by atoms with E-state index < -0.39 is 30.0 Å². The van der Waals surface area contributed by atoms with Gasteiger partial charge in [-0.2, -0.15) is 0 Å². The predicted molar refractivity (Wildman–Crippen MR) is 69.8 cm³/mol. The molecule has 0 bridgehead atoms. The van der Waals surface area contributed by atoms with E-state index in [9.17, 15) is 18.0 Å². The molecule has 3 N–H and O–H groups in total. The van der Waals surface area contributed by atoms with Crippen molar-refractivity contribution in [3.63, 3.8) is 0 Å². The first-order valence-corrected chi connectivity index (χ1v) is 7.00. The third kappa shape index (κ3) is 3.63. The summed E-state index contributed by atoms with van der Waals surface area (Å²) >= 11 is 0.805. The van der Waals surface area contributed by atoms with E-state index >= 15 is 0 Å². The number of amides is 1. The fourth-order valence-corrected chi connectivity index (χ4v) is 2.51. The van der Waals surface area contributed by atoms with E-state index in [0.717, 1.165) is 18.1 Å². The second kappa shape index (κ2) is 6.01. The Morgan fingerprint density at radius 2 is 2.30 bits per heavy atom. The van der Waals surface area contributed by atoms with Crippen molar-refractivity contribution in [1.82, 2.24) is 4.98 Å². The number of nitrogens with two attached hydrogens (primary N) is 1. The first-order valence-electron chi connectivity index (χ1n) is 6.12. The second-order valence-corrected chi connectivity index (χ2v) is 5.41. The maximum Gasteiger partial charge on any atom is 0.248 e. The summed E-state index contributed by atoms with van der Waals surface area (Å²) in [5.41, 5.74) is -0.0909. The van der Waals surface area contributed by atoms with Crippen molar-refractivity contribution >= 4 is 23.5 Å². The molecule has 0 radical (unpaired) electrons. The van der Waals surface area contributed by atoms with Crippen LogP contribution in [0, 0.1) is 11.7 Å². The van der Waals surface area contributed by atoms with Crippen LogP contribution in [-0.2, 0) is 4.79 Å². The third-order valence-electron chi connectivity index (χ3n) is 3.22. The molecule has 1 fully saturated rings. The highest BCUT2D eigenvalue weighted by Crippen LogP contribution is 2.37. The zero-order valence-corrected chi connectivity index (χ0v) is 11.4. The maximum atomic E-state index is 13.5.